The molecule has 0 heterocycles. The lowest BCUT2D eigenvalue weighted by molar-refractivity contribution is 0.0697. The van der Waals surface area contributed by atoms with Crippen LogP contribution in [0.25, 0.3) is 11.1 Å². The molecule has 128 valence electrons. The van der Waals surface area contributed by atoms with Gasteiger partial charge in [-0.3, -0.25) is 0 Å². The minimum atomic E-state index is -0.920. The minimum Gasteiger partial charge on any atom is -0.493 e. The molecule has 3 heteroatoms. The van der Waals surface area contributed by atoms with E-state index in [9.17, 15) is 9.90 Å². The number of aromatic carboxylic acids is 1. The van der Waals surface area contributed by atoms with Crippen molar-refractivity contribution in [3.05, 3.63) is 54.1 Å². The molecule has 2 aromatic carbocycles. The van der Waals surface area contributed by atoms with Gasteiger partial charge >= 0.3 is 5.97 Å². The molecule has 0 saturated carbocycles. The largest absolute Gasteiger partial charge is 0.493 e. The number of rotatable bonds is 10. The fourth-order valence-electron chi connectivity index (χ4n) is 2.78. The van der Waals surface area contributed by atoms with Crippen LogP contribution in [-0.2, 0) is 0 Å². The van der Waals surface area contributed by atoms with Crippen molar-refractivity contribution in [1.29, 1.82) is 0 Å². The Balaban J connectivity index is 2.02. The Morgan fingerprint density at radius 1 is 0.875 bits per heavy atom. The smallest absolute Gasteiger partial charge is 0.336 e. The van der Waals surface area contributed by atoms with Crippen LogP contribution in [0.1, 0.15) is 55.8 Å². The summed E-state index contributed by atoms with van der Waals surface area (Å²) >= 11 is 0. The lowest BCUT2D eigenvalue weighted by atomic mass is 9.99. The summed E-state index contributed by atoms with van der Waals surface area (Å²) < 4.78 is 5.94. The van der Waals surface area contributed by atoms with Crippen LogP contribution >= 0.6 is 0 Å². The Morgan fingerprint density at radius 3 is 2.25 bits per heavy atom. The van der Waals surface area contributed by atoms with Crippen LogP contribution in [0.15, 0.2) is 48.5 Å². The van der Waals surface area contributed by atoms with Crippen LogP contribution in [0.5, 0.6) is 5.75 Å². The van der Waals surface area contributed by atoms with Crippen LogP contribution < -0.4 is 4.74 Å². The summed E-state index contributed by atoms with van der Waals surface area (Å²) in [6.45, 7) is 2.88. The average Bonchev–Trinajstić information content (AvgIpc) is 2.61. The number of benzene rings is 2. The van der Waals surface area contributed by atoms with Gasteiger partial charge in [0.1, 0.15) is 5.75 Å². The molecule has 0 bridgehead atoms. The van der Waals surface area contributed by atoms with E-state index in [0.717, 1.165) is 17.7 Å². The number of carboxylic acids is 1. The maximum Gasteiger partial charge on any atom is 0.336 e. The second-order valence-corrected chi connectivity index (χ2v) is 5.96. The molecule has 0 aliphatic heterocycles. The number of hydrogen-bond acceptors (Lipinski definition) is 2. The average molecular weight is 326 g/mol. The number of unbranched alkanes of at least 4 members (excludes halogenated alkanes) is 5. The molecule has 0 unspecified atom stereocenters. The van der Waals surface area contributed by atoms with E-state index < -0.39 is 5.97 Å². The number of hydrogen-bond donors (Lipinski definition) is 1. The highest BCUT2D eigenvalue weighted by Gasteiger charge is 2.14. The summed E-state index contributed by atoms with van der Waals surface area (Å²) in [7, 11) is 0. The van der Waals surface area contributed by atoms with E-state index in [0.29, 0.717) is 17.7 Å². The van der Waals surface area contributed by atoms with Gasteiger partial charge in [-0.2, -0.15) is 0 Å². The molecular weight excluding hydrogens is 300 g/mol. The summed E-state index contributed by atoms with van der Waals surface area (Å²) in [6.07, 6.45) is 7.30. The van der Waals surface area contributed by atoms with Gasteiger partial charge < -0.3 is 9.84 Å². The highest BCUT2D eigenvalue weighted by atomic mass is 16.5. The highest BCUT2D eigenvalue weighted by molar-refractivity contribution is 5.96. The molecule has 24 heavy (non-hydrogen) atoms. The zero-order valence-corrected chi connectivity index (χ0v) is 14.3. The van der Waals surface area contributed by atoms with Gasteiger partial charge in [0.25, 0.3) is 0 Å². The third-order valence-corrected chi connectivity index (χ3v) is 4.09. The Hall–Kier alpha value is -2.29. The maximum absolute atomic E-state index is 11.5. The van der Waals surface area contributed by atoms with E-state index in [1.165, 1.54) is 32.1 Å². The van der Waals surface area contributed by atoms with Gasteiger partial charge in [0.2, 0.25) is 0 Å². The van der Waals surface area contributed by atoms with Crippen molar-refractivity contribution in [2.75, 3.05) is 6.61 Å². The van der Waals surface area contributed by atoms with Crippen molar-refractivity contribution in [2.45, 2.75) is 45.4 Å². The summed E-state index contributed by atoms with van der Waals surface area (Å²) in [5.74, 6) is -0.170. The SMILES string of the molecule is CCCCCCCCOc1ccccc1-c1ccccc1C(=O)O. The fourth-order valence-corrected chi connectivity index (χ4v) is 2.78. The molecule has 0 spiro atoms. The van der Waals surface area contributed by atoms with E-state index in [1.807, 2.05) is 36.4 Å². The van der Waals surface area contributed by atoms with Gasteiger partial charge in [0, 0.05) is 5.56 Å². The van der Waals surface area contributed by atoms with Crippen molar-refractivity contribution in [1.82, 2.24) is 0 Å². The van der Waals surface area contributed by atoms with Crippen molar-refractivity contribution >= 4 is 5.97 Å². The highest BCUT2D eigenvalue weighted by Crippen LogP contribution is 2.32. The van der Waals surface area contributed by atoms with E-state index >= 15 is 0 Å². The minimum absolute atomic E-state index is 0.299. The van der Waals surface area contributed by atoms with Crippen molar-refractivity contribution in [2.24, 2.45) is 0 Å². The van der Waals surface area contributed by atoms with E-state index in [-0.39, 0.29) is 0 Å². The molecule has 2 aromatic rings. The van der Waals surface area contributed by atoms with E-state index in [1.54, 1.807) is 12.1 Å². The maximum atomic E-state index is 11.5. The lowest BCUT2D eigenvalue weighted by Gasteiger charge is -2.13. The summed E-state index contributed by atoms with van der Waals surface area (Å²) in [5.41, 5.74) is 1.83. The summed E-state index contributed by atoms with van der Waals surface area (Å²) in [4.78, 5) is 11.5. The Labute approximate surface area is 144 Å². The molecule has 3 nitrogen and oxygen atoms in total. The fraction of sp³-hybridized carbons (Fsp3) is 0.381. The topological polar surface area (TPSA) is 46.5 Å². The quantitative estimate of drug-likeness (QED) is 0.562. The first-order valence-electron chi connectivity index (χ1n) is 8.78. The Kier molecular flexibility index (Phi) is 7.34. The number of ether oxygens (including phenoxy) is 1. The number of para-hydroxylation sites is 1. The zero-order chi connectivity index (χ0) is 17.2. The molecule has 0 amide bonds. The molecule has 0 aliphatic carbocycles. The summed E-state index contributed by atoms with van der Waals surface area (Å²) in [6, 6.07) is 14.7. The second kappa shape index (κ2) is 9.76. The third kappa shape index (κ3) is 5.12. The van der Waals surface area contributed by atoms with Crippen LogP contribution in [0.4, 0.5) is 0 Å². The lowest BCUT2D eigenvalue weighted by Crippen LogP contribution is -2.02. The van der Waals surface area contributed by atoms with Gasteiger partial charge in [-0.15, -0.1) is 0 Å². The normalized spacial score (nSPS) is 10.5. The third-order valence-electron chi connectivity index (χ3n) is 4.09. The van der Waals surface area contributed by atoms with Crippen molar-refractivity contribution in [3.63, 3.8) is 0 Å². The van der Waals surface area contributed by atoms with Gasteiger partial charge in [-0.05, 0) is 24.1 Å². The number of carbonyl (C=O) groups is 1. The standard InChI is InChI=1S/C21H26O3/c1-2-3-4-5-6-11-16-24-20-15-10-9-13-18(20)17-12-7-8-14-19(17)21(22)23/h7-10,12-15H,2-6,11,16H2,1H3,(H,22,23). The van der Waals surface area contributed by atoms with Crippen LogP contribution in [0.2, 0.25) is 0 Å². The molecule has 0 aromatic heterocycles. The van der Waals surface area contributed by atoms with Crippen LogP contribution in [0.3, 0.4) is 0 Å². The molecule has 0 aliphatic rings. The van der Waals surface area contributed by atoms with Gasteiger partial charge in [0.15, 0.2) is 0 Å². The predicted octanol–water partition coefficient (Wildman–Crippen LogP) is 5.79. The molecule has 2 rings (SSSR count). The van der Waals surface area contributed by atoms with Gasteiger partial charge in [0.05, 0.1) is 12.2 Å². The first-order valence-corrected chi connectivity index (χ1v) is 8.78. The molecule has 0 saturated heterocycles. The Bertz CT molecular complexity index is 649. The molecule has 1 N–H and O–H groups in total. The zero-order valence-electron chi connectivity index (χ0n) is 14.3. The second-order valence-electron chi connectivity index (χ2n) is 5.96. The van der Waals surface area contributed by atoms with Crippen molar-refractivity contribution < 1.29 is 14.6 Å². The van der Waals surface area contributed by atoms with Crippen molar-refractivity contribution in [3.8, 4) is 16.9 Å². The first kappa shape index (κ1) is 18.1. The van der Waals surface area contributed by atoms with Crippen LogP contribution in [-0.4, -0.2) is 17.7 Å². The monoisotopic (exact) mass is 326 g/mol. The van der Waals surface area contributed by atoms with Gasteiger partial charge in [-0.25, -0.2) is 4.79 Å². The molecule has 0 fully saturated rings. The summed E-state index contributed by atoms with van der Waals surface area (Å²) in [5, 5.41) is 9.39. The molecule has 0 atom stereocenters. The number of carboxylic acid groups (broad SMARTS) is 1. The predicted molar refractivity (Wildman–Crippen MR) is 97.7 cm³/mol. The van der Waals surface area contributed by atoms with Crippen LogP contribution in [0, 0.1) is 0 Å². The van der Waals surface area contributed by atoms with E-state index in [4.69, 9.17) is 4.74 Å². The Morgan fingerprint density at radius 2 is 1.50 bits per heavy atom. The molecular formula is C21H26O3. The van der Waals surface area contributed by atoms with E-state index in [2.05, 4.69) is 6.92 Å². The molecule has 0 radical (unpaired) electrons. The van der Waals surface area contributed by atoms with Gasteiger partial charge in [-0.1, -0.05) is 75.4 Å². The first-order chi connectivity index (χ1) is 11.7.